The maximum atomic E-state index is 13.2. The van der Waals surface area contributed by atoms with Gasteiger partial charge in [-0.05, 0) is 44.7 Å². The minimum Gasteiger partial charge on any atom is -0.450 e. The first-order valence-corrected chi connectivity index (χ1v) is 13.5. The summed E-state index contributed by atoms with van der Waals surface area (Å²) in [6.07, 6.45) is 0.844. The van der Waals surface area contributed by atoms with Crippen LogP contribution in [0.25, 0.3) is 10.9 Å². The summed E-state index contributed by atoms with van der Waals surface area (Å²) in [6.45, 7) is 4.32. The van der Waals surface area contributed by atoms with Gasteiger partial charge in [0.1, 0.15) is 5.69 Å². The van der Waals surface area contributed by atoms with E-state index in [-0.39, 0.29) is 43.4 Å². The molecular formula is C25H30Cl2N6O4S. The second-order valence-corrected chi connectivity index (χ2v) is 10.9. The van der Waals surface area contributed by atoms with Crippen LogP contribution in [0.15, 0.2) is 24.3 Å². The van der Waals surface area contributed by atoms with E-state index in [9.17, 15) is 14.4 Å². The topological polar surface area (TPSA) is 120 Å². The maximum absolute atomic E-state index is 13.2. The highest BCUT2D eigenvalue weighted by Crippen LogP contribution is 2.25. The number of rotatable bonds is 5. The van der Waals surface area contributed by atoms with E-state index in [1.165, 1.54) is 11.3 Å². The number of nitrogens with one attached hydrogen (secondary N) is 3. The third kappa shape index (κ3) is 6.06. The van der Waals surface area contributed by atoms with Crippen molar-refractivity contribution in [1.82, 2.24) is 30.4 Å². The van der Waals surface area contributed by atoms with Gasteiger partial charge in [-0.1, -0.05) is 11.6 Å². The number of H-pyrrole nitrogens is 1. The molecular weight excluding hydrogens is 551 g/mol. The summed E-state index contributed by atoms with van der Waals surface area (Å²) in [5, 5.41) is 7.89. The average Bonchev–Trinajstić information content (AvgIpc) is 3.49. The highest BCUT2D eigenvalue weighted by Gasteiger charge is 2.35. The number of thiazole rings is 1. The Morgan fingerprint density at radius 1 is 1.18 bits per heavy atom. The van der Waals surface area contributed by atoms with Gasteiger partial charge in [0.15, 0.2) is 5.01 Å². The van der Waals surface area contributed by atoms with Gasteiger partial charge in [-0.15, -0.1) is 23.7 Å². The Hall–Kier alpha value is -2.86. The Kier molecular flexibility index (Phi) is 8.81. The second kappa shape index (κ2) is 11.9. The standard InChI is InChI=1S/C25H29ClN6O4S.ClH/c1-3-36-25(35)32-9-7-17(28-23(34)24-30-18-6-8-31(2)13-21(18)37-24)20(12-32)29-22(33)19-11-14-10-15(26)4-5-16(14)27-19;/h4-5,10-11,17,20,27H,3,6-9,12-13H2,1-2H3,(H,28,34)(H,29,33);1H/t17-,20+;/m0./s1. The van der Waals surface area contributed by atoms with Gasteiger partial charge < -0.3 is 30.2 Å². The number of benzene rings is 1. The molecule has 204 valence electrons. The van der Waals surface area contributed by atoms with E-state index in [1.54, 1.807) is 30.0 Å². The lowest BCUT2D eigenvalue weighted by molar-refractivity contribution is 0.0720. The minimum atomic E-state index is -0.523. The molecule has 0 bridgehead atoms. The van der Waals surface area contributed by atoms with Crippen molar-refractivity contribution in [3.63, 3.8) is 0 Å². The number of carbonyl (C=O) groups excluding carboxylic acids is 3. The van der Waals surface area contributed by atoms with Crippen LogP contribution in [0.5, 0.6) is 0 Å². The SMILES string of the molecule is CCOC(=O)N1CC[C@H](NC(=O)c2nc3c(s2)CN(C)CC3)[C@H](NC(=O)c2cc3cc(Cl)ccc3[nH]2)C1.Cl. The lowest BCUT2D eigenvalue weighted by atomic mass is 9.99. The van der Waals surface area contributed by atoms with Crippen molar-refractivity contribution in [2.75, 3.05) is 33.3 Å². The van der Waals surface area contributed by atoms with Crippen LogP contribution >= 0.6 is 35.3 Å². The van der Waals surface area contributed by atoms with Gasteiger partial charge in [-0.3, -0.25) is 9.59 Å². The van der Waals surface area contributed by atoms with E-state index >= 15 is 0 Å². The van der Waals surface area contributed by atoms with Crippen molar-refractivity contribution in [3.8, 4) is 0 Å². The van der Waals surface area contributed by atoms with Crippen LogP contribution in [0.1, 0.15) is 44.2 Å². The number of fused-ring (bicyclic) bond motifs is 2. The van der Waals surface area contributed by atoms with Crippen LogP contribution in [0.4, 0.5) is 4.79 Å². The number of likely N-dealkylation sites (N-methyl/N-ethyl adjacent to an activating group) is 1. The maximum Gasteiger partial charge on any atom is 0.409 e. The molecule has 10 nitrogen and oxygen atoms in total. The van der Waals surface area contributed by atoms with Crippen LogP contribution in [0, 0.1) is 0 Å². The molecule has 0 aliphatic carbocycles. The Morgan fingerprint density at radius 3 is 2.76 bits per heavy atom. The predicted molar refractivity (Wildman–Crippen MR) is 148 cm³/mol. The summed E-state index contributed by atoms with van der Waals surface area (Å²) < 4.78 is 5.17. The Balaban J connectivity index is 0.00000336. The van der Waals surface area contributed by atoms with E-state index in [0.29, 0.717) is 28.7 Å². The summed E-state index contributed by atoms with van der Waals surface area (Å²) in [4.78, 5) is 51.3. The summed E-state index contributed by atoms with van der Waals surface area (Å²) >= 11 is 7.49. The third-order valence-corrected chi connectivity index (χ3v) is 8.03. The first kappa shape index (κ1) is 28.2. The van der Waals surface area contributed by atoms with E-state index in [0.717, 1.165) is 41.0 Å². The van der Waals surface area contributed by atoms with E-state index in [2.05, 4.69) is 32.5 Å². The predicted octanol–water partition coefficient (Wildman–Crippen LogP) is 3.45. The molecule has 2 atom stereocenters. The number of piperidine rings is 1. The number of hydrogen-bond donors (Lipinski definition) is 3. The highest BCUT2D eigenvalue weighted by molar-refractivity contribution is 7.13. The number of aromatic nitrogens is 2. The van der Waals surface area contributed by atoms with Crippen molar-refractivity contribution >= 4 is 64.2 Å². The molecule has 0 radical (unpaired) electrons. The molecule has 3 aromatic rings. The molecule has 0 saturated carbocycles. The zero-order valence-electron chi connectivity index (χ0n) is 21.1. The van der Waals surface area contributed by atoms with Crippen molar-refractivity contribution in [1.29, 1.82) is 0 Å². The fraction of sp³-hybridized carbons (Fsp3) is 0.440. The zero-order chi connectivity index (χ0) is 26.1. The molecule has 2 aromatic heterocycles. The quantitative estimate of drug-likeness (QED) is 0.425. The lowest BCUT2D eigenvalue weighted by Crippen LogP contribution is -2.61. The van der Waals surface area contributed by atoms with Crippen molar-refractivity contribution in [2.24, 2.45) is 0 Å². The van der Waals surface area contributed by atoms with Crippen LogP contribution < -0.4 is 10.6 Å². The van der Waals surface area contributed by atoms with Gasteiger partial charge in [0.05, 0.1) is 24.4 Å². The van der Waals surface area contributed by atoms with Crippen molar-refractivity contribution in [3.05, 3.63) is 50.6 Å². The van der Waals surface area contributed by atoms with E-state index in [1.807, 2.05) is 6.07 Å². The number of amides is 3. The molecule has 3 amide bonds. The number of ether oxygens (including phenoxy) is 1. The number of nitrogens with zero attached hydrogens (tertiary/aromatic N) is 3. The fourth-order valence-corrected chi connectivity index (χ4v) is 6.05. The van der Waals surface area contributed by atoms with E-state index < -0.39 is 12.1 Å². The summed E-state index contributed by atoms with van der Waals surface area (Å²) in [5.41, 5.74) is 2.14. The monoisotopic (exact) mass is 580 g/mol. The fourth-order valence-electron chi connectivity index (χ4n) is 4.77. The molecule has 1 fully saturated rings. The summed E-state index contributed by atoms with van der Waals surface area (Å²) in [7, 11) is 2.05. The smallest absolute Gasteiger partial charge is 0.409 e. The highest BCUT2D eigenvalue weighted by atomic mass is 35.5. The molecule has 3 N–H and O–H groups in total. The van der Waals surface area contributed by atoms with Crippen LogP contribution in [0.2, 0.25) is 5.02 Å². The van der Waals surface area contributed by atoms with Gasteiger partial charge in [0, 0.05) is 53.4 Å². The zero-order valence-corrected chi connectivity index (χ0v) is 23.5. The molecule has 1 aromatic carbocycles. The van der Waals surface area contributed by atoms with Crippen molar-refractivity contribution in [2.45, 2.75) is 38.4 Å². The molecule has 4 heterocycles. The van der Waals surface area contributed by atoms with Crippen LogP contribution in [-0.2, 0) is 17.7 Å². The lowest BCUT2D eigenvalue weighted by Gasteiger charge is -2.38. The molecule has 1 saturated heterocycles. The van der Waals surface area contributed by atoms with E-state index in [4.69, 9.17) is 16.3 Å². The number of likely N-dealkylation sites (tertiary alicyclic amines) is 1. The molecule has 5 rings (SSSR count). The van der Waals surface area contributed by atoms with Gasteiger partial charge in [-0.2, -0.15) is 0 Å². The van der Waals surface area contributed by atoms with Gasteiger partial charge in [-0.25, -0.2) is 9.78 Å². The molecule has 0 spiro atoms. The molecule has 13 heteroatoms. The number of aromatic amines is 1. The van der Waals surface area contributed by atoms with Crippen LogP contribution in [-0.4, -0.2) is 83.0 Å². The third-order valence-electron chi connectivity index (χ3n) is 6.72. The molecule has 38 heavy (non-hydrogen) atoms. The normalized spacial score (nSPS) is 19.4. The molecule has 2 aliphatic rings. The Bertz CT molecular complexity index is 1340. The largest absolute Gasteiger partial charge is 0.450 e. The van der Waals surface area contributed by atoms with Gasteiger partial charge >= 0.3 is 6.09 Å². The van der Waals surface area contributed by atoms with Crippen LogP contribution in [0.3, 0.4) is 0 Å². The number of halogens is 2. The molecule has 0 unspecified atom stereocenters. The summed E-state index contributed by atoms with van der Waals surface area (Å²) in [5.74, 6) is -0.605. The van der Waals surface area contributed by atoms with Gasteiger partial charge in [0.25, 0.3) is 11.8 Å². The second-order valence-electron chi connectivity index (χ2n) is 9.38. The first-order chi connectivity index (χ1) is 17.8. The molecule has 2 aliphatic heterocycles. The Labute approximate surface area is 235 Å². The number of carbonyl (C=O) groups is 3. The first-order valence-electron chi connectivity index (χ1n) is 12.3. The Morgan fingerprint density at radius 2 is 1.97 bits per heavy atom. The van der Waals surface area contributed by atoms with Gasteiger partial charge in [0.2, 0.25) is 0 Å². The van der Waals surface area contributed by atoms with Crippen molar-refractivity contribution < 1.29 is 19.1 Å². The number of hydrogen-bond acceptors (Lipinski definition) is 7. The minimum absolute atomic E-state index is 0. The summed E-state index contributed by atoms with van der Waals surface area (Å²) in [6, 6.07) is 6.16. The average molecular weight is 582 g/mol.